The van der Waals surface area contributed by atoms with Crippen molar-refractivity contribution in [2.45, 2.75) is 31.9 Å². The maximum Gasteiger partial charge on any atom is 0.267 e. The molecule has 0 unspecified atom stereocenters. The molecule has 32 heavy (non-hydrogen) atoms. The average Bonchev–Trinajstić information content (AvgIpc) is 3.33. The Bertz CT molecular complexity index is 1300. The third kappa shape index (κ3) is 3.37. The van der Waals surface area contributed by atoms with Crippen LogP contribution in [0, 0.1) is 17.3 Å². The molecule has 0 bridgehead atoms. The molecule has 5 rings (SSSR count). The summed E-state index contributed by atoms with van der Waals surface area (Å²) in [6.07, 6.45) is 1.89. The van der Waals surface area contributed by atoms with Gasteiger partial charge in [-0.25, -0.2) is 0 Å². The van der Waals surface area contributed by atoms with Crippen LogP contribution in [-0.4, -0.2) is 51.6 Å². The molecule has 1 spiro atoms. The van der Waals surface area contributed by atoms with Gasteiger partial charge in [0, 0.05) is 37.2 Å². The fraction of sp³-hybridized carbons (Fsp3) is 0.435. The Hall–Kier alpha value is -2.86. The van der Waals surface area contributed by atoms with Gasteiger partial charge >= 0.3 is 0 Å². The topological polar surface area (TPSA) is 102 Å². The SMILES string of the molecule is C[C@@H]1OCC2(CCN(c3nc4n[nH]c(C#Cc5ccccc5Cl)c4c(=O)n3C)CC2)[C@@H]1N. The van der Waals surface area contributed by atoms with E-state index in [4.69, 9.17) is 27.1 Å². The van der Waals surface area contributed by atoms with Crippen molar-refractivity contribution < 1.29 is 4.74 Å². The van der Waals surface area contributed by atoms with Gasteiger partial charge in [-0.1, -0.05) is 29.7 Å². The standard InChI is InChI=1S/C23H25ClN6O2/c1-14-19(25)23(13-32-14)9-11-30(12-10-23)22-26-20-18(21(31)29(22)2)17(27-28-20)8-7-15-5-3-4-6-16(15)24/h3-6,14,19H,9-13,25H2,1-2H3,(H,27,28)/t14-,19+/m0/s1. The van der Waals surface area contributed by atoms with Crippen LogP contribution in [-0.2, 0) is 11.8 Å². The van der Waals surface area contributed by atoms with Crippen LogP contribution in [0.4, 0.5) is 5.95 Å². The number of piperidine rings is 1. The second-order valence-electron chi connectivity index (χ2n) is 8.69. The third-order valence-electron chi connectivity index (χ3n) is 6.86. The molecule has 0 amide bonds. The zero-order valence-electron chi connectivity index (χ0n) is 18.1. The van der Waals surface area contributed by atoms with E-state index >= 15 is 0 Å². The molecule has 0 aliphatic carbocycles. The summed E-state index contributed by atoms with van der Waals surface area (Å²) in [7, 11) is 1.74. The van der Waals surface area contributed by atoms with E-state index in [0.717, 1.165) is 25.9 Å². The molecule has 9 heteroatoms. The first-order valence-corrected chi connectivity index (χ1v) is 11.1. The number of nitrogens with two attached hydrogens (primary N) is 1. The monoisotopic (exact) mass is 452 g/mol. The summed E-state index contributed by atoms with van der Waals surface area (Å²) in [6.45, 7) is 4.26. The lowest BCUT2D eigenvalue weighted by molar-refractivity contribution is 0.0973. The Balaban J connectivity index is 1.45. The van der Waals surface area contributed by atoms with E-state index in [1.54, 1.807) is 17.7 Å². The van der Waals surface area contributed by atoms with Crippen molar-refractivity contribution in [3.63, 3.8) is 0 Å². The maximum atomic E-state index is 13.2. The Morgan fingerprint density at radius 2 is 2.03 bits per heavy atom. The quantitative estimate of drug-likeness (QED) is 0.548. The van der Waals surface area contributed by atoms with E-state index in [0.29, 0.717) is 39.9 Å². The number of nitrogens with one attached hydrogen (secondary N) is 1. The Labute approximate surface area is 190 Å². The summed E-state index contributed by atoms with van der Waals surface area (Å²) in [5.74, 6) is 6.60. The van der Waals surface area contributed by atoms with E-state index in [2.05, 4.69) is 26.9 Å². The Morgan fingerprint density at radius 3 is 2.72 bits per heavy atom. The number of ether oxygens (including phenoxy) is 1. The lowest BCUT2D eigenvalue weighted by Crippen LogP contribution is -2.51. The van der Waals surface area contributed by atoms with Crippen molar-refractivity contribution in [1.29, 1.82) is 0 Å². The van der Waals surface area contributed by atoms with Crippen molar-refractivity contribution in [3.05, 3.63) is 50.9 Å². The summed E-state index contributed by atoms with van der Waals surface area (Å²) in [4.78, 5) is 20.0. The Morgan fingerprint density at radius 1 is 1.28 bits per heavy atom. The summed E-state index contributed by atoms with van der Waals surface area (Å²) >= 11 is 6.18. The molecule has 2 aliphatic heterocycles. The molecule has 4 heterocycles. The predicted molar refractivity (Wildman–Crippen MR) is 124 cm³/mol. The van der Waals surface area contributed by atoms with Gasteiger partial charge in [-0.05, 0) is 37.8 Å². The van der Waals surface area contributed by atoms with Crippen LogP contribution in [0.5, 0.6) is 0 Å². The van der Waals surface area contributed by atoms with Crippen LogP contribution in [0.25, 0.3) is 11.0 Å². The van der Waals surface area contributed by atoms with Crippen LogP contribution in [0.1, 0.15) is 31.0 Å². The highest BCUT2D eigenvalue weighted by Crippen LogP contribution is 2.41. The molecule has 1 aromatic carbocycles. The number of aromatic amines is 1. The molecule has 2 aliphatic rings. The van der Waals surface area contributed by atoms with Crippen LogP contribution in [0.2, 0.25) is 5.02 Å². The number of H-pyrrole nitrogens is 1. The normalized spacial score (nSPS) is 22.3. The molecular formula is C23H25ClN6O2. The van der Waals surface area contributed by atoms with Gasteiger partial charge in [0.25, 0.3) is 5.56 Å². The zero-order valence-corrected chi connectivity index (χ0v) is 18.8. The largest absolute Gasteiger partial charge is 0.376 e. The molecule has 2 aromatic heterocycles. The molecule has 2 saturated heterocycles. The van der Waals surface area contributed by atoms with Crippen molar-refractivity contribution in [3.8, 4) is 11.8 Å². The van der Waals surface area contributed by atoms with Gasteiger partial charge in [-0.3, -0.25) is 14.5 Å². The van der Waals surface area contributed by atoms with Gasteiger partial charge in [0.2, 0.25) is 5.95 Å². The fourth-order valence-electron chi connectivity index (χ4n) is 4.73. The molecule has 0 saturated carbocycles. The second-order valence-corrected chi connectivity index (χ2v) is 9.10. The molecule has 2 atom stereocenters. The Kier molecular flexibility index (Phi) is 5.20. The number of hydrogen-bond acceptors (Lipinski definition) is 6. The predicted octanol–water partition coefficient (Wildman–Crippen LogP) is 2.04. The van der Waals surface area contributed by atoms with E-state index < -0.39 is 0 Å². The van der Waals surface area contributed by atoms with E-state index in [9.17, 15) is 4.79 Å². The van der Waals surface area contributed by atoms with E-state index in [1.165, 1.54) is 0 Å². The van der Waals surface area contributed by atoms with Crippen molar-refractivity contribution >= 4 is 28.6 Å². The maximum absolute atomic E-state index is 13.2. The summed E-state index contributed by atoms with van der Waals surface area (Å²) in [6, 6.07) is 7.35. The average molecular weight is 453 g/mol. The zero-order chi connectivity index (χ0) is 22.5. The van der Waals surface area contributed by atoms with Crippen LogP contribution in [0.3, 0.4) is 0 Å². The molecule has 2 fully saturated rings. The van der Waals surface area contributed by atoms with E-state index in [-0.39, 0.29) is 23.1 Å². The van der Waals surface area contributed by atoms with Crippen LogP contribution < -0.4 is 16.2 Å². The van der Waals surface area contributed by atoms with Gasteiger partial charge in [-0.2, -0.15) is 10.1 Å². The molecule has 3 N–H and O–H groups in total. The number of nitrogens with zero attached hydrogens (tertiary/aromatic N) is 4. The van der Waals surface area contributed by atoms with Gasteiger partial charge in [0.05, 0.1) is 17.7 Å². The smallest absolute Gasteiger partial charge is 0.267 e. The summed E-state index contributed by atoms with van der Waals surface area (Å²) in [5, 5.41) is 8.05. The van der Waals surface area contributed by atoms with Crippen molar-refractivity contribution in [2.75, 3.05) is 24.6 Å². The highest BCUT2D eigenvalue weighted by Gasteiger charge is 2.47. The lowest BCUT2D eigenvalue weighted by atomic mass is 9.73. The number of aromatic nitrogens is 4. The molecular weight excluding hydrogens is 428 g/mol. The summed E-state index contributed by atoms with van der Waals surface area (Å²) < 4.78 is 7.39. The minimum Gasteiger partial charge on any atom is -0.376 e. The number of benzene rings is 1. The highest BCUT2D eigenvalue weighted by molar-refractivity contribution is 6.31. The first kappa shape index (κ1) is 21.0. The highest BCUT2D eigenvalue weighted by atomic mass is 35.5. The van der Waals surface area contributed by atoms with Crippen LogP contribution >= 0.6 is 11.6 Å². The number of anilines is 1. The number of halogens is 1. The number of rotatable bonds is 1. The lowest BCUT2D eigenvalue weighted by Gasteiger charge is -2.41. The molecule has 166 valence electrons. The minimum atomic E-state index is -0.183. The van der Waals surface area contributed by atoms with Gasteiger partial charge in [-0.15, -0.1) is 0 Å². The summed E-state index contributed by atoms with van der Waals surface area (Å²) in [5.41, 5.74) is 7.73. The molecule has 3 aromatic rings. The molecule has 0 radical (unpaired) electrons. The number of fused-ring (bicyclic) bond motifs is 1. The second kappa shape index (κ2) is 7.93. The van der Waals surface area contributed by atoms with Gasteiger partial charge < -0.3 is 15.4 Å². The first-order valence-electron chi connectivity index (χ1n) is 10.7. The van der Waals surface area contributed by atoms with Crippen molar-refractivity contribution in [1.82, 2.24) is 19.7 Å². The van der Waals surface area contributed by atoms with Gasteiger partial charge in [0.1, 0.15) is 11.1 Å². The molecule has 8 nitrogen and oxygen atoms in total. The first-order chi connectivity index (χ1) is 15.4. The third-order valence-corrected chi connectivity index (χ3v) is 7.19. The van der Waals surface area contributed by atoms with Gasteiger partial charge in [0.15, 0.2) is 5.65 Å². The van der Waals surface area contributed by atoms with Crippen molar-refractivity contribution in [2.24, 2.45) is 18.2 Å². The minimum absolute atomic E-state index is 0.00664. The van der Waals surface area contributed by atoms with E-state index in [1.807, 2.05) is 25.1 Å². The number of hydrogen-bond donors (Lipinski definition) is 2. The fourth-order valence-corrected chi connectivity index (χ4v) is 4.92. The van der Waals surface area contributed by atoms with Crippen LogP contribution in [0.15, 0.2) is 29.1 Å².